The molecule has 0 aromatic heterocycles. The van der Waals surface area contributed by atoms with Gasteiger partial charge in [0.2, 0.25) is 0 Å². The highest BCUT2D eigenvalue weighted by atomic mass is 15.2. The lowest BCUT2D eigenvalue weighted by atomic mass is 10.1. The molecule has 2 nitrogen and oxygen atoms in total. The van der Waals surface area contributed by atoms with Crippen molar-refractivity contribution in [3.05, 3.63) is 0 Å². The molecule has 1 fully saturated rings. The molecule has 1 aliphatic carbocycles. The molecule has 18 heavy (non-hydrogen) atoms. The monoisotopic (exact) mass is 254 g/mol. The van der Waals surface area contributed by atoms with Crippen LogP contribution in [0.15, 0.2) is 0 Å². The summed E-state index contributed by atoms with van der Waals surface area (Å²) in [5.74, 6) is 0.824. The summed E-state index contributed by atoms with van der Waals surface area (Å²) in [7, 11) is 0. The van der Waals surface area contributed by atoms with Crippen molar-refractivity contribution < 1.29 is 0 Å². The van der Waals surface area contributed by atoms with Gasteiger partial charge in [-0.15, -0.1) is 0 Å². The summed E-state index contributed by atoms with van der Waals surface area (Å²) in [6, 6.07) is 2.25. The van der Waals surface area contributed by atoms with Crippen molar-refractivity contribution in [1.29, 1.82) is 0 Å². The van der Waals surface area contributed by atoms with E-state index in [9.17, 15) is 0 Å². The van der Waals surface area contributed by atoms with Crippen LogP contribution >= 0.6 is 0 Å². The minimum atomic E-state index is 0.670. The van der Waals surface area contributed by atoms with Gasteiger partial charge in [-0.1, -0.05) is 27.2 Å². The third-order valence-corrected chi connectivity index (χ3v) is 4.03. The van der Waals surface area contributed by atoms with E-state index >= 15 is 0 Å². The minimum absolute atomic E-state index is 0.670. The Labute approximate surface area is 115 Å². The molecule has 1 saturated carbocycles. The zero-order chi connectivity index (χ0) is 13.5. The Balaban J connectivity index is 2.28. The van der Waals surface area contributed by atoms with E-state index in [1.165, 1.54) is 38.6 Å². The standard InChI is InChI=1S/C16H34N2/c1-6-7-14(4)17-12-15(5)18(16-8-9-16)11-10-13(2)3/h13-17H,6-12H2,1-5H3. The quantitative estimate of drug-likeness (QED) is 0.640. The van der Waals surface area contributed by atoms with Crippen molar-refractivity contribution in [2.45, 2.75) is 84.8 Å². The van der Waals surface area contributed by atoms with Crippen LogP contribution in [0.2, 0.25) is 0 Å². The highest BCUT2D eigenvalue weighted by Gasteiger charge is 2.31. The summed E-state index contributed by atoms with van der Waals surface area (Å²) < 4.78 is 0. The first-order chi connectivity index (χ1) is 8.54. The molecule has 0 aromatic carbocycles. The van der Waals surface area contributed by atoms with E-state index in [1.54, 1.807) is 0 Å². The molecular weight excluding hydrogens is 220 g/mol. The van der Waals surface area contributed by atoms with Gasteiger partial charge in [-0.05, 0) is 52.0 Å². The lowest BCUT2D eigenvalue weighted by molar-refractivity contribution is 0.180. The number of hydrogen-bond donors (Lipinski definition) is 1. The van der Waals surface area contributed by atoms with Crippen molar-refractivity contribution >= 4 is 0 Å². The Morgan fingerprint density at radius 2 is 1.78 bits per heavy atom. The van der Waals surface area contributed by atoms with Crippen LogP contribution in [0.25, 0.3) is 0 Å². The fourth-order valence-corrected chi connectivity index (χ4v) is 2.60. The second-order valence-electron chi connectivity index (χ2n) is 6.60. The summed E-state index contributed by atoms with van der Waals surface area (Å²) in [5.41, 5.74) is 0. The maximum atomic E-state index is 3.69. The van der Waals surface area contributed by atoms with Crippen LogP contribution in [0.1, 0.15) is 66.7 Å². The fourth-order valence-electron chi connectivity index (χ4n) is 2.60. The Kier molecular flexibility index (Phi) is 7.25. The molecule has 0 heterocycles. The summed E-state index contributed by atoms with van der Waals surface area (Å²) >= 11 is 0. The van der Waals surface area contributed by atoms with E-state index in [4.69, 9.17) is 0 Å². The zero-order valence-electron chi connectivity index (χ0n) is 13.2. The van der Waals surface area contributed by atoms with Gasteiger partial charge >= 0.3 is 0 Å². The van der Waals surface area contributed by atoms with Gasteiger partial charge in [0.25, 0.3) is 0 Å². The Morgan fingerprint density at radius 3 is 2.28 bits per heavy atom. The second kappa shape index (κ2) is 8.16. The second-order valence-corrected chi connectivity index (χ2v) is 6.60. The molecule has 2 heteroatoms. The van der Waals surface area contributed by atoms with E-state index in [-0.39, 0.29) is 0 Å². The Hall–Kier alpha value is -0.0800. The van der Waals surface area contributed by atoms with Crippen LogP contribution in [0.5, 0.6) is 0 Å². The van der Waals surface area contributed by atoms with Gasteiger partial charge in [0, 0.05) is 24.7 Å². The number of nitrogens with zero attached hydrogens (tertiary/aromatic N) is 1. The van der Waals surface area contributed by atoms with Crippen LogP contribution in [0.4, 0.5) is 0 Å². The molecule has 2 atom stereocenters. The van der Waals surface area contributed by atoms with Gasteiger partial charge in [0.15, 0.2) is 0 Å². The average Bonchev–Trinajstić information content (AvgIpc) is 3.11. The molecule has 108 valence electrons. The van der Waals surface area contributed by atoms with Crippen molar-refractivity contribution in [2.24, 2.45) is 5.92 Å². The van der Waals surface area contributed by atoms with Crippen LogP contribution in [-0.4, -0.2) is 36.1 Å². The van der Waals surface area contributed by atoms with E-state index in [2.05, 4.69) is 44.8 Å². The molecule has 1 rings (SSSR count). The van der Waals surface area contributed by atoms with Crippen LogP contribution in [0, 0.1) is 5.92 Å². The van der Waals surface area contributed by atoms with Crippen molar-refractivity contribution in [3.8, 4) is 0 Å². The zero-order valence-corrected chi connectivity index (χ0v) is 13.2. The number of hydrogen-bond acceptors (Lipinski definition) is 2. The first-order valence-electron chi connectivity index (χ1n) is 8.03. The Bertz CT molecular complexity index is 211. The summed E-state index contributed by atoms with van der Waals surface area (Å²) in [5, 5.41) is 3.69. The largest absolute Gasteiger partial charge is 0.313 e. The van der Waals surface area contributed by atoms with Crippen molar-refractivity contribution in [3.63, 3.8) is 0 Å². The predicted molar refractivity (Wildman–Crippen MR) is 81.0 cm³/mol. The summed E-state index contributed by atoms with van der Waals surface area (Å²) in [6.07, 6.45) is 6.76. The molecule has 0 spiro atoms. The Morgan fingerprint density at radius 1 is 1.11 bits per heavy atom. The van der Waals surface area contributed by atoms with Crippen molar-refractivity contribution in [1.82, 2.24) is 10.2 Å². The maximum absolute atomic E-state index is 3.69. The SMILES string of the molecule is CCCC(C)NCC(C)N(CCC(C)C)C1CC1. The van der Waals surface area contributed by atoms with Gasteiger partial charge in [-0.25, -0.2) is 0 Å². The van der Waals surface area contributed by atoms with E-state index in [1.807, 2.05) is 0 Å². The van der Waals surface area contributed by atoms with Crippen LogP contribution in [0.3, 0.4) is 0 Å². The number of rotatable bonds is 10. The third-order valence-electron chi connectivity index (χ3n) is 4.03. The smallest absolute Gasteiger partial charge is 0.0195 e. The third kappa shape index (κ3) is 6.19. The van der Waals surface area contributed by atoms with Gasteiger partial charge in [-0.3, -0.25) is 4.90 Å². The van der Waals surface area contributed by atoms with Gasteiger partial charge in [0.05, 0.1) is 0 Å². The molecule has 1 N–H and O–H groups in total. The van der Waals surface area contributed by atoms with Crippen LogP contribution < -0.4 is 5.32 Å². The first kappa shape index (κ1) is 16.0. The molecule has 0 radical (unpaired) electrons. The summed E-state index contributed by atoms with van der Waals surface area (Å²) in [4.78, 5) is 2.74. The first-order valence-corrected chi connectivity index (χ1v) is 8.03. The molecule has 0 bridgehead atoms. The van der Waals surface area contributed by atoms with E-state index in [0.29, 0.717) is 12.1 Å². The highest BCUT2D eigenvalue weighted by molar-refractivity contribution is 4.88. The normalized spacial score (nSPS) is 19.5. The molecular formula is C16H34N2. The molecule has 0 amide bonds. The van der Waals surface area contributed by atoms with Gasteiger partial charge < -0.3 is 5.32 Å². The minimum Gasteiger partial charge on any atom is -0.313 e. The molecule has 0 aromatic rings. The van der Waals surface area contributed by atoms with Crippen molar-refractivity contribution in [2.75, 3.05) is 13.1 Å². The summed E-state index contributed by atoms with van der Waals surface area (Å²) in [6.45, 7) is 14.1. The van der Waals surface area contributed by atoms with Gasteiger partial charge in [0.1, 0.15) is 0 Å². The van der Waals surface area contributed by atoms with Gasteiger partial charge in [-0.2, -0.15) is 0 Å². The lowest BCUT2D eigenvalue weighted by Gasteiger charge is -2.31. The molecule has 0 aliphatic heterocycles. The topological polar surface area (TPSA) is 15.3 Å². The van der Waals surface area contributed by atoms with E-state index in [0.717, 1.165) is 18.5 Å². The lowest BCUT2D eigenvalue weighted by Crippen LogP contribution is -2.44. The fraction of sp³-hybridized carbons (Fsp3) is 1.00. The predicted octanol–water partition coefficient (Wildman–Crippen LogP) is 3.66. The average molecular weight is 254 g/mol. The highest BCUT2D eigenvalue weighted by Crippen LogP contribution is 2.29. The van der Waals surface area contributed by atoms with E-state index < -0.39 is 0 Å². The number of nitrogens with one attached hydrogen (secondary N) is 1. The van der Waals surface area contributed by atoms with Crippen LogP contribution in [-0.2, 0) is 0 Å². The molecule has 0 saturated heterocycles. The molecule has 1 aliphatic rings. The maximum Gasteiger partial charge on any atom is 0.0195 e. The molecule has 2 unspecified atom stereocenters.